The van der Waals surface area contributed by atoms with Gasteiger partial charge in [-0.2, -0.15) is 0 Å². The fourth-order valence-electron chi connectivity index (χ4n) is 3.04. The van der Waals surface area contributed by atoms with E-state index in [-0.39, 0.29) is 12.6 Å². The lowest BCUT2D eigenvalue weighted by molar-refractivity contribution is 0.128. The number of aryl methyl sites for hydroxylation is 1. The van der Waals surface area contributed by atoms with Crippen molar-refractivity contribution in [2.75, 3.05) is 60.0 Å². The Morgan fingerprint density at radius 3 is 2.73 bits per heavy atom. The molecule has 0 amide bonds. The number of ether oxygens (including phenoxy) is 1. The number of nitrogens with zero attached hydrogens (tertiary/aromatic N) is 2. The Labute approximate surface area is 133 Å². The first kappa shape index (κ1) is 17.2. The molecular formula is C17H29N3O2. The molecule has 1 aliphatic rings. The normalized spacial score (nSPS) is 17.7. The molecule has 1 unspecified atom stereocenters. The Kier molecular flexibility index (Phi) is 6.64. The lowest BCUT2D eigenvalue weighted by Gasteiger charge is -2.36. The average molecular weight is 307 g/mol. The van der Waals surface area contributed by atoms with Crippen LogP contribution in [0.25, 0.3) is 0 Å². The van der Waals surface area contributed by atoms with E-state index in [1.165, 1.54) is 11.1 Å². The Bertz CT molecular complexity index is 461. The van der Waals surface area contributed by atoms with Gasteiger partial charge in [0.05, 0.1) is 19.8 Å². The molecule has 1 aromatic rings. The number of piperazine rings is 1. The quantitative estimate of drug-likeness (QED) is 0.783. The first-order valence-electron chi connectivity index (χ1n) is 8.04. The molecule has 0 radical (unpaired) electrons. The van der Waals surface area contributed by atoms with Gasteiger partial charge in [-0.05, 0) is 20.0 Å². The number of hydrogen-bond donors (Lipinski definition) is 2. The van der Waals surface area contributed by atoms with Crippen LogP contribution in [0.2, 0.25) is 0 Å². The van der Waals surface area contributed by atoms with Crippen LogP contribution in [-0.4, -0.2) is 74.9 Å². The van der Waals surface area contributed by atoms with Crippen LogP contribution in [0.1, 0.15) is 17.2 Å². The maximum atomic E-state index is 9.32. The van der Waals surface area contributed by atoms with E-state index in [1.807, 2.05) is 6.07 Å². The van der Waals surface area contributed by atoms with Crippen molar-refractivity contribution in [2.24, 2.45) is 0 Å². The molecule has 5 nitrogen and oxygen atoms in total. The average Bonchev–Trinajstić information content (AvgIpc) is 2.53. The van der Waals surface area contributed by atoms with E-state index in [1.54, 1.807) is 7.11 Å². The van der Waals surface area contributed by atoms with Gasteiger partial charge in [0.25, 0.3) is 0 Å². The van der Waals surface area contributed by atoms with E-state index >= 15 is 0 Å². The van der Waals surface area contributed by atoms with Crippen LogP contribution < -0.4 is 10.1 Å². The third-order valence-corrected chi connectivity index (χ3v) is 4.37. The zero-order chi connectivity index (χ0) is 15.9. The highest BCUT2D eigenvalue weighted by atomic mass is 16.5. The summed E-state index contributed by atoms with van der Waals surface area (Å²) in [4.78, 5) is 4.70. The molecule has 2 N–H and O–H groups in total. The maximum Gasteiger partial charge on any atom is 0.123 e. The van der Waals surface area contributed by atoms with Crippen molar-refractivity contribution >= 4 is 0 Å². The Morgan fingerprint density at radius 1 is 1.36 bits per heavy atom. The summed E-state index contributed by atoms with van der Waals surface area (Å²) < 4.78 is 5.58. The zero-order valence-electron chi connectivity index (χ0n) is 14.0. The first-order valence-corrected chi connectivity index (χ1v) is 8.04. The van der Waals surface area contributed by atoms with Crippen LogP contribution in [0.3, 0.4) is 0 Å². The number of aliphatic hydroxyl groups is 1. The van der Waals surface area contributed by atoms with E-state index in [9.17, 15) is 5.11 Å². The summed E-state index contributed by atoms with van der Waals surface area (Å²) in [6, 6.07) is 6.55. The predicted molar refractivity (Wildman–Crippen MR) is 89.5 cm³/mol. The molecular weight excluding hydrogens is 278 g/mol. The Balaban J connectivity index is 2.24. The molecule has 1 heterocycles. The van der Waals surface area contributed by atoms with Gasteiger partial charge in [-0.1, -0.05) is 17.7 Å². The summed E-state index contributed by atoms with van der Waals surface area (Å²) in [6.45, 7) is 8.11. The van der Waals surface area contributed by atoms with Gasteiger partial charge in [-0.3, -0.25) is 9.80 Å². The number of rotatable bonds is 7. The molecule has 1 fully saturated rings. The van der Waals surface area contributed by atoms with Crippen molar-refractivity contribution in [3.05, 3.63) is 29.3 Å². The molecule has 22 heavy (non-hydrogen) atoms. The maximum absolute atomic E-state index is 9.32. The van der Waals surface area contributed by atoms with Gasteiger partial charge in [0.15, 0.2) is 0 Å². The Hall–Kier alpha value is -1.14. The SMILES string of the molecule is COc1ccc(C)cc1C(CN1CCNCC1)N(C)CCO. The summed E-state index contributed by atoms with van der Waals surface area (Å²) in [6.07, 6.45) is 0. The van der Waals surface area contributed by atoms with Gasteiger partial charge < -0.3 is 15.2 Å². The third kappa shape index (κ3) is 4.43. The third-order valence-electron chi connectivity index (χ3n) is 4.37. The highest BCUT2D eigenvalue weighted by Gasteiger charge is 2.24. The molecule has 0 aromatic heterocycles. The van der Waals surface area contributed by atoms with E-state index in [0.29, 0.717) is 6.54 Å². The van der Waals surface area contributed by atoms with Gasteiger partial charge in [-0.15, -0.1) is 0 Å². The fourth-order valence-corrected chi connectivity index (χ4v) is 3.04. The van der Waals surface area contributed by atoms with E-state index < -0.39 is 0 Å². The molecule has 1 aromatic carbocycles. The van der Waals surface area contributed by atoms with Crippen molar-refractivity contribution in [1.82, 2.24) is 15.1 Å². The topological polar surface area (TPSA) is 48.0 Å². The minimum atomic E-state index is 0.169. The highest BCUT2D eigenvalue weighted by molar-refractivity contribution is 5.39. The molecule has 5 heteroatoms. The lowest BCUT2D eigenvalue weighted by Crippen LogP contribution is -2.47. The number of benzene rings is 1. The molecule has 0 aliphatic carbocycles. The second-order valence-electron chi connectivity index (χ2n) is 6.02. The molecule has 1 aliphatic heterocycles. The second-order valence-corrected chi connectivity index (χ2v) is 6.02. The molecule has 0 saturated carbocycles. The minimum absolute atomic E-state index is 0.169. The number of methoxy groups -OCH3 is 1. The van der Waals surface area contributed by atoms with Crippen LogP contribution in [0, 0.1) is 6.92 Å². The van der Waals surface area contributed by atoms with Gasteiger partial charge in [0.2, 0.25) is 0 Å². The molecule has 0 bridgehead atoms. The number of nitrogens with one attached hydrogen (secondary N) is 1. The first-order chi connectivity index (χ1) is 10.7. The number of aliphatic hydroxyl groups excluding tert-OH is 1. The molecule has 1 atom stereocenters. The van der Waals surface area contributed by atoms with Gasteiger partial charge in [-0.25, -0.2) is 0 Å². The smallest absolute Gasteiger partial charge is 0.123 e. The monoisotopic (exact) mass is 307 g/mol. The van der Waals surface area contributed by atoms with Gasteiger partial charge >= 0.3 is 0 Å². The predicted octanol–water partition coefficient (Wildman–Crippen LogP) is 0.874. The molecule has 124 valence electrons. The van der Waals surface area contributed by atoms with Crippen LogP contribution in [-0.2, 0) is 0 Å². The van der Waals surface area contributed by atoms with Crippen LogP contribution >= 0.6 is 0 Å². The highest BCUT2D eigenvalue weighted by Crippen LogP contribution is 2.30. The van der Waals surface area contributed by atoms with Crippen LogP contribution in [0.4, 0.5) is 0 Å². The molecule has 1 saturated heterocycles. The summed E-state index contributed by atoms with van der Waals surface area (Å²) in [5.41, 5.74) is 2.44. The van der Waals surface area contributed by atoms with Crippen molar-refractivity contribution in [2.45, 2.75) is 13.0 Å². The molecule has 0 spiro atoms. The summed E-state index contributed by atoms with van der Waals surface area (Å²) >= 11 is 0. The number of likely N-dealkylation sites (N-methyl/N-ethyl adjacent to an activating group) is 1. The standard InChI is InChI=1S/C17H29N3O2/c1-14-4-5-17(22-3)15(12-14)16(19(2)10-11-21)13-20-8-6-18-7-9-20/h4-5,12,16,18,21H,6-11,13H2,1-3H3. The van der Waals surface area contributed by atoms with Crippen molar-refractivity contribution in [3.63, 3.8) is 0 Å². The fraction of sp³-hybridized carbons (Fsp3) is 0.647. The van der Waals surface area contributed by atoms with Crippen LogP contribution in [0.5, 0.6) is 5.75 Å². The molecule has 2 rings (SSSR count). The zero-order valence-corrected chi connectivity index (χ0v) is 14.0. The summed E-state index contributed by atoms with van der Waals surface area (Å²) in [5, 5.41) is 12.7. The van der Waals surface area contributed by atoms with E-state index in [2.05, 4.69) is 41.2 Å². The van der Waals surface area contributed by atoms with Gasteiger partial charge in [0, 0.05) is 44.8 Å². The van der Waals surface area contributed by atoms with E-state index in [0.717, 1.165) is 38.5 Å². The largest absolute Gasteiger partial charge is 0.496 e. The summed E-state index contributed by atoms with van der Waals surface area (Å²) in [7, 11) is 3.80. The summed E-state index contributed by atoms with van der Waals surface area (Å²) in [5.74, 6) is 0.926. The second kappa shape index (κ2) is 8.48. The lowest BCUT2D eigenvalue weighted by atomic mass is 10.0. The Morgan fingerprint density at radius 2 is 2.09 bits per heavy atom. The minimum Gasteiger partial charge on any atom is -0.496 e. The van der Waals surface area contributed by atoms with Crippen molar-refractivity contribution in [1.29, 1.82) is 0 Å². The van der Waals surface area contributed by atoms with Gasteiger partial charge in [0.1, 0.15) is 5.75 Å². The number of hydrogen-bond acceptors (Lipinski definition) is 5. The van der Waals surface area contributed by atoms with Crippen LogP contribution in [0.15, 0.2) is 18.2 Å². The van der Waals surface area contributed by atoms with Crippen molar-refractivity contribution in [3.8, 4) is 5.75 Å². The van der Waals surface area contributed by atoms with E-state index in [4.69, 9.17) is 4.74 Å². The van der Waals surface area contributed by atoms with Crippen molar-refractivity contribution < 1.29 is 9.84 Å².